The molecule has 1 saturated heterocycles. The predicted octanol–water partition coefficient (Wildman–Crippen LogP) is 5.01. The summed E-state index contributed by atoms with van der Waals surface area (Å²) in [6.45, 7) is 14.1. The highest BCUT2D eigenvalue weighted by Gasteiger charge is 2.87. The van der Waals surface area contributed by atoms with Gasteiger partial charge in [0.05, 0.1) is 24.7 Å². The van der Waals surface area contributed by atoms with Crippen molar-refractivity contribution in [2.75, 3.05) is 0 Å². The molecule has 0 unspecified atom stereocenters. The van der Waals surface area contributed by atoms with Gasteiger partial charge in [-0.15, -0.1) is 0 Å². The van der Waals surface area contributed by atoms with E-state index in [-0.39, 0.29) is 41.4 Å². The minimum absolute atomic E-state index is 0.000412. The van der Waals surface area contributed by atoms with Gasteiger partial charge >= 0.3 is 11.9 Å². The number of fused-ring (bicyclic) bond motifs is 3. The summed E-state index contributed by atoms with van der Waals surface area (Å²) in [5.74, 6) is -0.217. The highest BCUT2D eigenvalue weighted by molar-refractivity contribution is 5.67. The second kappa shape index (κ2) is 7.62. The molecule has 37 heavy (non-hydrogen) atoms. The number of esters is 2. The maximum atomic E-state index is 12.6. The quantitative estimate of drug-likeness (QED) is 0.447. The number of epoxide rings is 1. The highest BCUT2D eigenvalue weighted by atomic mass is 16.6. The third kappa shape index (κ3) is 2.91. The fourth-order valence-electron chi connectivity index (χ4n) is 10.7. The molecule has 5 aliphatic rings. The van der Waals surface area contributed by atoms with E-state index in [1.165, 1.54) is 19.4 Å². The molecule has 6 rings (SSSR count). The first kappa shape index (κ1) is 25.4. The van der Waals surface area contributed by atoms with Crippen LogP contribution < -0.4 is 0 Å². The van der Waals surface area contributed by atoms with Gasteiger partial charge in [0.2, 0.25) is 0 Å². The highest BCUT2D eigenvalue weighted by Crippen LogP contribution is 2.83. The van der Waals surface area contributed by atoms with Crippen LogP contribution in [0.25, 0.3) is 0 Å². The molecule has 0 radical (unpaired) electrons. The molecule has 1 N–H and O–H groups in total. The van der Waals surface area contributed by atoms with Crippen molar-refractivity contribution < 1.29 is 33.3 Å². The van der Waals surface area contributed by atoms with E-state index in [4.69, 9.17) is 18.6 Å². The lowest BCUT2D eigenvalue weighted by molar-refractivity contribution is -0.288. The zero-order chi connectivity index (χ0) is 26.8. The topological polar surface area (TPSA) is 98.5 Å². The molecule has 2 heterocycles. The van der Waals surface area contributed by atoms with Gasteiger partial charge in [0.1, 0.15) is 17.8 Å². The summed E-state index contributed by atoms with van der Waals surface area (Å²) in [5, 5.41) is 11.3. The molecular formula is C30H42O7. The van der Waals surface area contributed by atoms with Gasteiger partial charge in [-0.2, -0.15) is 0 Å². The summed E-state index contributed by atoms with van der Waals surface area (Å²) < 4.78 is 24.6. The van der Waals surface area contributed by atoms with E-state index in [0.29, 0.717) is 18.8 Å². The number of ether oxygens (including phenoxy) is 3. The lowest BCUT2D eigenvalue weighted by Crippen LogP contribution is -2.74. The van der Waals surface area contributed by atoms with Crippen LogP contribution in [0, 0.1) is 33.5 Å². The fourth-order valence-corrected chi connectivity index (χ4v) is 10.7. The molecule has 0 aromatic carbocycles. The maximum absolute atomic E-state index is 12.6. The van der Waals surface area contributed by atoms with Crippen LogP contribution in [0.5, 0.6) is 0 Å². The van der Waals surface area contributed by atoms with Crippen LogP contribution in [0.15, 0.2) is 23.0 Å². The zero-order valence-corrected chi connectivity index (χ0v) is 23.2. The largest absolute Gasteiger partial charge is 0.472 e. The minimum Gasteiger partial charge on any atom is -0.472 e. The summed E-state index contributed by atoms with van der Waals surface area (Å²) in [5.41, 5.74) is -0.683. The number of carbonyl (C=O) groups excluding carboxylic acids is 2. The number of hydrogen-bond donors (Lipinski definition) is 1. The standard InChI is InChI=1S/C30H42O7/c1-16(31)35-23-14-22(33)26(3,4)21-13-24(36-17(2)32)29(7)20(28(21,23)6)8-10-27(5)19(18-9-11-34-15-18)12-25-30(27,29)37-25/h9,11,15,19-25,33H,8,10,12-14H2,1-7H3/t19-,20+,21-,22+,23-,24+,25+,27-,28+,29-,30+/m0/s1. The second-order valence-corrected chi connectivity index (χ2v) is 13.9. The van der Waals surface area contributed by atoms with Gasteiger partial charge < -0.3 is 23.7 Å². The number of hydrogen-bond acceptors (Lipinski definition) is 7. The molecule has 11 atom stereocenters. The number of carbonyl (C=O) groups is 2. The van der Waals surface area contributed by atoms with Gasteiger partial charge in [-0.05, 0) is 60.5 Å². The molecule has 204 valence electrons. The zero-order valence-electron chi connectivity index (χ0n) is 23.2. The van der Waals surface area contributed by atoms with Gasteiger partial charge in [-0.3, -0.25) is 9.59 Å². The van der Waals surface area contributed by atoms with E-state index in [9.17, 15) is 14.7 Å². The summed E-state index contributed by atoms with van der Waals surface area (Å²) in [4.78, 5) is 24.9. The Kier molecular flexibility index (Phi) is 5.24. The van der Waals surface area contributed by atoms with Crippen LogP contribution in [0.4, 0.5) is 0 Å². The summed E-state index contributed by atoms with van der Waals surface area (Å²) in [6.07, 6.45) is 6.12. The van der Waals surface area contributed by atoms with E-state index < -0.39 is 34.1 Å². The molecule has 1 spiro atoms. The molecular weight excluding hydrogens is 472 g/mol. The Hall–Kier alpha value is -1.86. The van der Waals surface area contributed by atoms with Crippen molar-refractivity contribution >= 4 is 11.9 Å². The van der Waals surface area contributed by atoms with Crippen LogP contribution in [-0.4, -0.2) is 47.1 Å². The molecule has 7 heteroatoms. The molecule has 1 aliphatic heterocycles. The van der Waals surface area contributed by atoms with E-state index in [1.807, 2.05) is 6.26 Å². The van der Waals surface area contributed by atoms with Gasteiger partial charge in [0.15, 0.2) is 0 Å². The van der Waals surface area contributed by atoms with Crippen molar-refractivity contribution in [3.8, 4) is 0 Å². The third-order valence-corrected chi connectivity index (χ3v) is 12.3. The van der Waals surface area contributed by atoms with E-state index >= 15 is 0 Å². The van der Waals surface area contributed by atoms with Crippen LogP contribution >= 0.6 is 0 Å². The lowest BCUT2D eigenvalue weighted by atomic mass is 9.35. The molecule has 1 aromatic rings. The van der Waals surface area contributed by atoms with Crippen LogP contribution in [0.1, 0.15) is 92.1 Å². The minimum atomic E-state index is -0.619. The average molecular weight is 515 g/mol. The Balaban J connectivity index is 1.52. The first-order valence-electron chi connectivity index (χ1n) is 14.0. The second-order valence-electron chi connectivity index (χ2n) is 13.9. The Labute approximate surface area is 219 Å². The first-order chi connectivity index (χ1) is 17.2. The van der Waals surface area contributed by atoms with E-state index in [2.05, 4.69) is 40.7 Å². The SMILES string of the molecule is CC(=O)O[C@H]1C[C@@H](O)C(C)(C)[C@@H]2C[C@@H](OC(C)=O)[C@]3(C)[C@H](CC[C@@]4(C)[C@H](c5ccoc5)C[C@H]5O[C@@]534)[C@@]12C. The Bertz CT molecular complexity index is 1110. The number of rotatable bonds is 3. The van der Waals surface area contributed by atoms with Crippen LogP contribution in [0.3, 0.4) is 0 Å². The monoisotopic (exact) mass is 514 g/mol. The van der Waals surface area contributed by atoms with Crippen LogP contribution in [-0.2, 0) is 23.8 Å². The van der Waals surface area contributed by atoms with Crippen molar-refractivity contribution in [1.29, 1.82) is 0 Å². The molecule has 0 amide bonds. The molecule has 5 fully saturated rings. The molecule has 4 saturated carbocycles. The summed E-state index contributed by atoms with van der Waals surface area (Å²) in [6, 6.07) is 2.08. The maximum Gasteiger partial charge on any atom is 0.302 e. The van der Waals surface area contributed by atoms with Gasteiger partial charge in [0.25, 0.3) is 0 Å². The van der Waals surface area contributed by atoms with Gasteiger partial charge in [0, 0.05) is 36.5 Å². The van der Waals surface area contributed by atoms with Crippen molar-refractivity contribution in [2.45, 2.75) is 117 Å². The molecule has 7 nitrogen and oxygen atoms in total. The number of furan rings is 1. The van der Waals surface area contributed by atoms with Crippen molar-refractivity contribution in [3.63, 3.8) is 0 Å². The van der Waals surface area contributed by atoms with Crippen molar-refractivity contribution in [2.24, 2.45) is 33.5 Å². The molecule has 1 aromatic heterocycles. The van der Waals surface area contributed by atoms with Crippen molar-refractivity contribution in [1.82, 2.24) is 0 Å². The normalized spacial score (nSPS) is 51.2. The average Bonchev–Trinajstić information content (AvgIpc) is 3.16. The van der Waals surface area contributed by atoms with E-state index in [0.717, 1.165) is 19.3 Å². The predicted molar refractivity (Wildman–Crippen MR) is 134 cm³/mol. The Morgan fingerprint density at radius 3 is 2.27 bits per heavy atom. The van der Waals surface area contributed by atoms with Gasteiger partial charge in [-0.1, -0.05) is 34.6 Å². The van der Waals surface area contributed by atoms with Crippen molar-refractivity contribution in [3.05, 3.63) is 24.2 Å². The Morgan fingerprint density at radius 1 is 0.973 bits per heavy atom. The number of aliphatic hydroxyl groups excluding tert-OH is 1. The smallest absolute Gasteiger partial charge is 0.302 e. The third-order valence-electron chi connectivity index (χ3n) is 12.3. The summed E-state index contributed by atoms with van der Waals surface area (Å²) >= 11 is 0. The van der Waals surface area contributed by atoms with Crippen LogP contribution in [0.2, 0.25) is 0 Å². The summed E-state index contributed by atoms with van der Waals surface area (Å²) in [7, 11) is 0. The molecule has 4 aliphatic carbocycles. The van der Waals surface area contributed by atoms with Gasteiger partial charge in [-0.25, -0.2) is 0 Å². The molecule has 0 bridgehead atoms. The first-order valence-corrected chi connectivity index (χ1v) is 14.0. The fraction of sp³-hybridized carbons (Fsp3) is 0.800. The lowest BCUT2D eigenvalue weighted by Gasteiger charge is -2.70. The van der Waals surface area contributed by atoms with E-state index in [1.54, 1.807) is 6.26 Å². The Morgan fingerprint density at radius 2 is 1.65 bits per heavy atom. The number of aliphatic hydroxyl groups is 1.